The molecule has 2 aromatic rings. The van der Waals surface area contributed by atoms with Crippen LogP contribution in [-0.4, -0.2) is 23.1 Å². The molecule has 0 atom stereocenters. The quantitative estimate of drug-likeness (QED) is 0.925. The Morgan fingerprint density at radius 3 is 2.95 bits per heavy atom. The normalized spacial score (nSPS) is 13.4. The van der Waals surface area contributed by atoms with Crippen molar-refractivity contribution in [2.45, 2.75) is 26.8 Å². The average molecular weight is 268 g/mol. The molecule has 3 rings (SSSR count). The number of aryl methyl sites for hydroxylation is 1. The van der Waals surface area contributed by atoms with Crippen molar-refractivity contribution in [1.29, 1.82) is 0 Å². The predicted molar refractivity (Wildman–Crippen MR) is 82.1 cm³/mol. The molecule has 1 N–H and O–H groups in total. The Kier molecular flexibility index (Phi) is 3.54. The summed E-state index contributed by atoms with van der Waals surface area (Å²) in [5.41, 5.74) is 3.76. The fourth-order valence-electron chi connectivity index (χ4n) is 2.71. The molecule has 0 fully saturated rings. The molecule has 0 saturated heterocycles. The lowest BCUT2D eigenvalue weighted by atomic mass is 10.2. The predicted octanol–water partition coefficient (Wildman–Crippen LogP) is 2.78. The van der Waals surface area contributed by atoms with Crippen molar-refractivity contribution in [1.82, 2.24) is 9.97 Å². The van der Waals surface area contributed by atoms with Crippen LogP contribution in [0.4, 0.5) is 11.5 Å². The summed E-state index contributed by atoms with van der Waals surface area (Å²) in [6, 6.07) is 10.6. The molecule has 2 heterocycles. The minimum absolute atomic E-state index is 0.775. The summed E-state index contributed by atoms with van der Waals surface area (Å²) in [4.78, 5) is 11.5. The monoisotopic (exact) mass is 268 g/mol. The maximum absolute atomic E-state index is 4.60. The molecule has 1 aliphatic heterocycles. The number of anilines is 2. The van der Waals surface area contributed by atoms with Gasteiger partial charge in [-0.15, -0.1) is 0 Å². The van der Waals surface area contributed by atoms with Crippen molar-refractivity contribution < 1.29 is 0 Å². The molecule has 0 unspecified atom stereocenters. The van der Waals surface area contributed by atoms with Gasteiger partial charge in [-0.05, 0) is 31.9 Å². The van der Waals surface area contributed by atoms with Crippen LogP contribution >= 0.6 is 0 Å². The van der Waals surface area contributed by atoms with Gasteiger partial charge in [0.2, 0.25) is 0 Å². The lowest BCUT2D eigenvalue weighted by molar-refractivity contribution is 0.780. The molecule has 0 amide bonds. The van der Waals surface area contributed by atoms with Crippen molar-refractivity contribution >= 4 is 11.5 Å². The van der Waals surface area contributed by atoms with Crippen LogP contribution in [0.2, 0.25) is 0 Å². The summed E-state index contributed by atoms with van der Waals surface area (Å²) in [6.45, 7) is 6.80. The largest absolute Gasteiger partial charge is 0.370 e. The molecular weight excluding hydrogens is 248 g/mol. The number of benzene rings is 1. The first-order chi connectivity index (χ1) is 9.76. The average Bonchev–Trinajstić information content (AvgIpc) is 2.82. The molecule has 0 bridgehead atoms. The summed E-state index contributed by atoms with van der Waals surface area (Å²) in [7, 11) is 0. The fraction of sp³-hybridized carbons (Fsp3) is 0.375. The van der Waals surface area contributed by atoms with Crippen LogP contribution in [0.15, 0.2) is 30.3 Å². The highest BCUT2D eigenvalue weighted by Gasteiger charge is 2.19. The molecule has 4 nitrogen and oxygen atoms in total. The van der Waals surface area contributed by atoms with E-state index in [-0.39, 0.29) is 0 Å². The van der Waals surface area contributed by atoms with Crippen LogP contribution in [-0.2, 0) is 13.0 Å². The standard InChI is InChI=1S/C16H20N4/c1-3-17-15-10-12(2)18-16(19-15)11-20-9-8-13-6-4-5-7-14(13)20/h4-7,10H,3,8-9,11H2,1-2H3,(H,17,18,19). The van der Waals surface area contributed by atoms with Crippen molar-refractivity contribution in [3.8, 4) is 0 Å². The zero-order valence-corrected chi connectivity index (χ0v) is 12.1. The van der Waals surface area contributed by atoms with Crippen LogP contribution < -0.4 is 10.2 Å². The molecule has 1 aliphatic rings. The number of fused-ring (bicyclic) bond motifs is 1. The van der Waals surface area contributed by atoms with E-state index in [0.29, 0.717) is 0 Å². The first-order valence-electron chi connectivity index (χ1n) is 7.17. The first kappa shape index (κ1) is 12.9. The number of hydrogen-bond acceptors (Lipinski definition) is 4. The van der Waals surface area contributed by atoms with Gasteiger partial charge in [-0.1, -0.05) is 18.2 Å². The summed E-state index contributed by atoms with van der Waals surface area (Å²) >= 11 is 0. The second kappa shape index (κ2) is 5.49. The van der Waals surface area contributed by atoms with Gasteiger partial charge in [0.1, 0.15) is 11.6 Å². The van der Waals surface area contributed by atoms with Gasteiger partial charge < -0.3 is 10.2 Å². The SMILES string of the molecule is CCNc1cc(C)nc(CN2CCc3ccccc32)n1. The highest BCUT2D eigenvalue weighted by atomic mass is 15.2. The highest BCUT2D eigenvalue weighted by Crippen LogP contribution is 2.28. The van der Waals surface area contributed by atoms with Gasteiger partial charge >= 0.3 is 0 Å². The highest BCUT2D eigenvalue weighted by molar-refractivity contribution is 5.57. The first-order valence-corrected chi connectivity index (χ1v) is 7.17. The van der Waals surface area contributed by atoms with E-state index in [1.54, 1.807) is 0 Å². The Bertz CT molecular complexity index is 609. The van der Waals surface area contributed by atoms with Gasteiger partial charge in [0.15, 0.2) is 0 Å². The van der Waals surface area contributed by atoms with E-state index in [0.717, 1.165) is 43.4 Å². The van der Waals surface area contributed by atoms with E-state index in [1.165, 1.54) is 11.3 Å². The summed E-state index contributed by atoms with van der Waals surface area (Å²) in [6.07, 6.45) is 1.11. The van der Waals surface area contributed by atoms with Gasteiger partial charge in [0.05, 0.1) is 6.54 Å². The lowest BCUT2D eigenvalue weighted by Crippen LogP contribution is -2.21. The molecule has 20 heavy (non-hydrogen) atoms. The number of rotatable bonds is 4. The summed E-state index contributed by atoms with van der Waals surface area (Å²) in [5, 5.41) is 3.26. The zero-order chi connectivity index (χ0) is 13.9. The molecule has 104 valence electrons. The third kappa shape index (κ3) is 2.59. The van der Waals surface area contributed by atoms with Gasteiger partial charge in [-0.3, -0.25) is 0 Å². The van der Waals surface area contributed by atoms with Gasteiger partial charge in [-0.25, -0.2) is 9.97 Å². The Hall–Kier alpha value is -2.10. The summed E-state index contributed by atoms with van der Waals surface area (Å²) in [5.74, 6) is 1.81. The number of nitrogens with zero attached hydrogens (tertiary/aromatic N) is 3. The van der Waals surface area contributed by atoms with E-state index in [4.69, 9.17) is 0 Å². The van der Waals surface area contributed by atoms with E-state index in [1.807, 2.05) is 13.0 Å². The Morgan fingerprint density at radius 1 is 1.25 bits per heavy atom. The number of aromatic nitrogens is 2. The van der Waals surface area contributed by atoms with Crippen molar-refractivity contribution in [2.24, 2.45) is 0 Å². The Balaban J connectivity index is 1.82. The van der Waals surface area contributed by atoms with Crippen molar-refractivity contribution in [3.05, 3.63) is 47.4 Å². The van der Waals surface area contributed by atoms with Crippen LogP contribution in [0.3, 0.4) is 0 Å². The smallest absolute Gasteiger partial charge is 0.150 e. The molecule has 0 radical (unpaired) electrons. The maximum Gasteiger partial charge on any atom is 0.150 e. The lowest BCUT2D eigenvalue weighted by Gasteiger charge is -2.19. The minimum atomic E-state index is 0.775. The number of para-hydroxylation sites is 1. The van der Waals surface area contributed by atoms with Crippen LogP contribution in [0.1, 0.15) is 24.0 Å². The Labute approximate surface area is 119 Å². The second-order valence-electron chi connectivity index (χ2n) is 5.14. The minimum Gasteiger partial charge on any atom is -0.370 e. The third-order valence-electron chi connectivity index (χ3n) is 3.57. The van der Waals surface area contributed by atoms with Crippen LogP contribution in [0.5, 0.6) is 0 Å². The van der Waals surface area contributed by atoms with Crippen molar-refractivity contribution in [3.63, 3.8) is 0 Å². The molecule has 4 heteroatoms. The van der Waals surface area contributed by atoms with Gasteiger partial charge in [0.25, 0.3) is 0 Å². The second-order valence-corrected chi connectivity index (χ2v) is 5.14. The summed E-state index contributed by atoms with van der Waals surface area (Å²) < 4.78 is 0. The van der Waals surface area contributed by atoms with E-state index >= 15 is 0 Å². The third-order valence-corrected chi connectivity index (χ3v) is 3.57. The molecule has 0 spiro atoms. The van der Waals surface area contributed by atoms with E-state index in [2.05, 4.69) is 51.4 Å². The van der Waals surface area contributed by atoms with Crippen molar-refractivity contribution in [2.75, 3.05) is 23.3 Å². The molecule has 1 aromatic carbocycles. The molecule has 0 saturated carbocycles. The van der Waals surface area contributed by atoms with Crippen LogP contribution in [0, 0.1) is 6.92 Å². The fourth-order valence-corrected chi connectivity index (χ4v) is 2.71. The van der Waals surface area contributed by atoms with E-state index in [9.17, 15) is 0 Å². The number of nitrogens with one attached hydrogen (secondary N) is 1. The van der Waals surface area contributed by atoms with Gasteiger partial charge in [0, 0.05) is 30.5 Å². The molecule has 0 aliphatic carbocycles. The number of hydrogen-bond donors (Lipinski definition) is 1. The molecular formula is C16H20N4. The van der Waals surface area contributed by atoms with Crippen LogP contribution in [0.25, 0.3) is 0 Å². The van der Waals surface area contributed by atoms with Gasteiger partial charge in [-0.2, -0.15) is 0 Å². The Morgan fingerprint density at radius 2 is 2.10 bits per heavy atom. The van der Waals surface area contributed by atoms with E-state index < -0.39 is 0 Å². The zero-order valence-electron chi connectivity index (χ0n) is 12.1. The topological polar surface area (TPSA) is 41.1 Å². The maximum atomic E-state index is 4.60. The molecule has 1 aromatic heterocycles.